The van der Waals surface area contributed by atoms with Gasteiger partial charge >= 0.3 is 0 Å². The number of carbonyl (C=O) groups excluding carboxylic acids is 1. The molecule has 26 heavy (non-hydrogen) atoms. The molecule has 1 N–H and O–H groups in total. The molecule has 6 nitrogen and oxygen atoms in total. The molecule has 1 atom stereocenters. The Bertz CT molecular complexity index is 856. The highest BCUT2D eigenvalue weighted by Crippen LogP contribution is 2.44. The molecule has 2 aromatic rings. The zero-order valence-electron chi connectivity index (χ0n) is 15.5. The topological polar surface area (TPSA) is 83.6 Å². The van der Waals surface area contributed by atoms with E-state index < -0.39 is 0 Å². The summed E-state index contributed by atoms with van der Waals surface area (Å²) in [6.07, 6.45) is 4.60. The SMILES string of the molecule is Cn1cnnc1SCC(=O)Nc1sc2c(c1C#N)CCC(C(C)(C)C)C2. The van der Waals surface area contributed by atoms with Gasteiger partial charge in [0, 0.05) is 11.9 Å². The van der Waals surface area contributed by atoms with Crippen molar-refractivity contribution in [2.75, 3.05) is 11.1 Å². The molecule has 8 heteroatoms. The van der Waals surface area contributed by atoms with Gasteiger partial charge in [-0.05, 0) is 36.2 Å². The average molecular weight is 390 g/mol. The standard InChI is InChI=1S/C18H23N5OS2/c1-18(2,3)11-5-6-12-13(8-19)16(26-14(12)7-11)21-15(24)9-25-17-22-20-10-23(17)4/h10-11H,5-7,9H2,1-4H3,(H,21,24). The van der Waals surface area contributed by atoms with Gasteiger partial charge in [0.2, 0.25) is 5.91 Å². The molecular formula is C18H23N5OS2. The Morgan fingerprint density at radius 3 is 2.92 bits per heavy atom. The zero-order valence-corrected chi connectivity index (χ0v) is 17.1. The number of thiophene rings is 1. The number of thioether (sulfide) groups is 1. The third-order valence-electron chi connectivity index (χ3n) is 4.86. The highest BCUT2D eigenvalue weighted by molar-refractivity contribution is 7.99. The van der Waals surface area contributed by atoms with Crippen LogP contribution in [0, 0.1) is 22.7 Å². The summed E-state index contributed by atoms with van der Waals surface area (Å²) in [6.45, 7) is 6.82. The van der Waals surface area contributed by atoms with Crippen LogP contribution in [-0.2, 0) is 24.7 Å². The summed E-state index contributed by atoms with van der Waals surface area (Å²) in [7, 11) is 1.84. The zero-order chi connectivity index (χ0) is 18.9. The number of amides is 1. The number of hydrogen-bond donors (Lipinski definition) is 1. The summed E-state index contributed by atoms with van der Waals surface area (Å²) in [5, 5.41) is 21.7. The van der Waals surface area contributed by atoms with Gasteiger partial charge in [-0.2, -0.15) is 5.26 Å². The molecule has 0 spiro atoms. The van der Waals surface area contributed by atoms with Gasteiger partial charge in [0.15, 0.2) is 5.16 Å². The second-order valence-electron chi connectivity index (χ2n) is 7.69. The normalized spacial score (nSPS) is 16.8. The third-order valence-corrected chi connectivity index (χ3v) is 7.06. The smallest absolute Gasteiger partial charge is 0.235 e. The number of nitrogens with one attached hydrogen (secondary N) is 1. The summed E-state index contributed by atoms with van der Waals surface area (Å²) >= 11 is 2.90. The van der Waals surface area contributed by atoms with Gasteiger partial charge < -0.3 is 9.88 Å². The first-order chi connectivity index (χ1) is 12.3. The first-order valence-electron chi connectivity index (χ1n) is 8.61. The predicted octanol–water partition coefficient (Wildman–Crippen LogP) is 3.63. The Hall–Kier alpha value is -1.85. The second-order valence-corrected chi connectivity index (χ2v) is 9.73. The highest BCUT2D eigenvalue weighted by Gasteiger charge is 2.32. The van der Waals surface area contributed by atoms with Gasteiger partial charge in [-0.15, -0.1) is 21.5 Å². The Labute approximate surface area is 162 Å². The minimum absolute atomic E-state index is 0.125. The molecule has 0 saturated heterocycles. The molecule has 1 amide bonds. The van der Waals surface area contributed by atoms with Crippen molar-refractivity contribution in [3.8, 4) is 6.07 Å². The molecule has 1 unspecified atom stereocenters. The number of nitrogens with zero attached hydrogens (tertiary/aromatic N) is 4. The second kappa shape index (κ2) is 7.41. The summed E-state index contributed by atoms with van der Waals surface area (Å²) < 4.78 is 1.77. The van der Waals surface area contributed by atoms with Crippen molar-refractivity contribution in [2.24, 2.45) is 18.4 Å². The Kier molecular flexibility index (Phi) is 5.39. The molecular weight excluding hydrogens is 366 g/mol. The van der Waals surface area contributed by atoms with Crippen molar-refractivity contribution >= 4 is 34.0 Å². The Balaban J connectivity index is 1.71. The van der Waals surface area contributed by atoms with Gasteiger partial charge in [-0.25, -0.2) is 0 Å². The average Bonchev–Trinajstić information content (AvgIpc) is 3.13. The van der Waals surface area contributed by atoms with E-state index in [2.05, 4.69) is 42.4 Å². The van der Waals surface area contributed by atoms with Crippen LogP contribution in [-0.4, -0.2) is 26.4 Å². The van der Waals surface area contributed by atoms with Crippen molar-refractivity contribution in [3.05, 3.63) is 22.3 Å². The van der Waals surface area contributed by atoms with Crippen molar-refractivity contribution in [2.45, 2.75) is 45.2 Å². The van der Waals surface area contributed by atoms with E-state index in [4.69, 9.17) is 0 Å². The first-order valence-corrected chi connectivity index (χ1v) is 10.4. The number of fused-ring (bicyclic) bond motifs is 1. The van der Waals surface area contributed by atoms with Gasteiger partial charge in [0.1, 0.15) is 17.4 Å². The molecule has 2 aromatic heterocycles. The van der Waals surface area contributed by atoms with E-state index in [1.165, 1.54) is 16.6 Å². The van der Waals surface area contributed by atoms with Crippen LogP contribution in [0.25, 0.3) is 0 Å². The van der Waals surface area contributed by atoms with Crippen LogP contribution in [0.4, 0.5) is 5.00 Å². The van der Waals surface area contributed by atoms with Gasteiger partial charge in [0.05, 0.1) is 11.3 Å². The van der Waals surface area contributed by atoms with Crippen LogP contribution < -0.4 is 5.32 Å². The van der Waals surface area contributed by atoms with Crippen LogP contribution in [0.2, 0.25) is 0 Å². The maximum Gasteiger partial charge on any atom is 0.235 e. The molecule has 0 fully saturated rings. The molecule has 0 saturated carbocycles. The van der Waals surface area contributed by atoms with E-state index in [0.717, 1.165) is 24.8 Å². The van der Waals surface area contributed by atoms with Crippen LogP contribution in [0.3, 0.4) is 0 Å². The fourth-order valence-corrected chi connectivity index (χ4v) is 5.21. The monoisotopic (exact) mass is 389 g/mol. The van der Waals surface area contributed by atoms with E-state index in [1.807, 2.05) is 7.05 Å². The summed E-state index contributed by atoms with van der Waals surface area (Å²) in [6, 6.07) is 2.30. The lowest BCUT2D eigenvalue weighted by Gasteiger charge is -2.33. The van der Waals surface area contributed by atoms with Crippen molar-refractivity contribution in [3.63, 3.8) is 0 Å². The number of rotatable bonds is 4. The van der Waals surface area contributed by atoms with Crippen LogP contribution in [0.5, 0.6) is 0 Å². The van der Waals surface area contributed by atoms with E-state index in [0.29, 0.717) is 21.6 Å². The maximum absolute atomic E-state index is 12.3. The fourth-order valence-electron chi connectivity index (χ4n) is 3.23. The molecule has 0 aromatic carbocycles. The fraction of sp³-hybridized carbons (Fsp3) is 0.556. The lowest BCUT2D eigenvalue weighted by atomic mass is 9.72. The van der Waals surface area contributed by atoms with Gasteiger partial charge in [-0.1, -0.05) is 32.5 Å². The van der Waals surface area contributed by atoms with Crippen LogP contribution in [0.15, 0.2) is 11.5 Å². The number of anilines is 1. The Morgan fingerprint density at radius 1 is 1.54 bits per heavy atom. The molecule has 138 valence electrons. The highest BCUT2D eigenvalue weighted by atomic mass is 32.2. The maximum atomic E-state index is 12.3. The lowest BCUT2D eigenvalue weighted by Crippen LogP contribution is -2.26. The molecule has 2 heterocycles. The van der Waals surface area contributed by atoms with Crippen molar-refractivity contribution in [1.82, 2.24) is 14.8 Å². The summed E-state index contributed by atoms with van der Waals surface area (Å²) in [4.78, 5) is 13.6. The lowest BCUT2D eigenvalue weighted by molar-refractivity contribution is -0.113. The third kappa shape index (κ3) is 3.94. The molecule has 0 radical (unpaired) electrons. The van der Waals surface area contributed by atoms with Crippen molar-refractivity contribution < 1.29 is 4.79 Å². The minimum atomic E-state index is -0.125. The summed E-state index contributed by atoms with van der Waals surface area (Å²) in [5.41, 5.74) is 2.04. The van der Waals surface area contributed by atoms with Gasteiger partial charge in [-0.3, -0.25) is 4.79 Å². The summed E-state index contributed by atoms with van der Waals surface area (Å²) in [5.74, 6) is 0.723. The molecule has 0 bridgehead atoms. The number of hydrogen-bond acceptors (Lipinski definition) is 6. The molecule has 3 rings (SSSR count). The predicted molar refractivity (Wildman–Crippen MR) is 104 cm³/mol. The van der Waals surface area contributed by atoms with E-state index in [1.54, 1.807) is 22.2 Å². The van der Waals surface area contributed by atoms with Crippen LogP contribution >= 0.6 is 23.1 Å². The first kappa shape index (κ1) is 18.9. The number of nitriles is 1. The minimum Gasteiger partial charge on any atom is -0.316 e. The molecule has 1 aliphatic carbocycles. The number of aryl methyl sites for hydroxylation is 1. The Morgan fingerprint density at radius 2 is 2.31 bits per heavy atom. The van der Waals surface area contributed by atoms with Gasteiger partial charge in [0.25, 0.3) is 0 Å². The van der Waals surface area contributed by atoms with Crippen LogP contribution in [0.1, 0.15) is 43.2 Å². The van der Waals surface area contributed by atoms with E-state index >= 15 is 0 Å². The van der Waals surface area contributed by atoms with E-state index in [-0.39, 0.29) is 17.1 Å². The number of carbonyl (C=O) groups is 1. The van der Waals surface area contributed by atoms with Crippen molar-refractivity contribution in [1.29, 1.82) is 5.26 Å². The molecule has 0 aliphatic heterocycles. The largest absolute Gasteiger partial charge is 0.316 e. The molecule has 1 aliphatic rings. The van der Waals surface area contributed by atoms with E-state index in [9.17, 15) is 10.1 Å². The number of aromatic nitrogens is 3. The quantitative estimate of drug-likeness (QED) is 0.807.